The maximum Gasteiger partial charge on any atom is 0.352 e. The molecule has 13 heteroatoms. The minimum atomic E-state index is -1.17. The number of β-lactam (4-membered cyclic amide) rings is 1. The largest absolute Gasteiger partial charge is 0.508 e. The number of rotatable bonds is 8. The maximum atomic E-state index is 12.7. The second-order valence-electron chi connectivity index (χ2n) is 6.72. The number of carboxylic acid groups (broad SMARTS) is 1. The predicted molar refractivity (Wildman–Crippen MR) is 113 cm³/mol. The van der Waals surface area contributed by atoms with Crippen molar-refractivity contribution in [1.82, 2.24) is 25.6 Å². The lowest BCUT2D eigenvalue weighted by molar-refractivity contribution is -0.150. The summed E-state index contributed by atoms with van der Waals surface area (Å²) in [5.74, 6) is -1.08. The smallest absolute Gasteiger partial charge is 0.352 e. The number of nitrogens with one attached hydrogen (secondary N) is 3. The highest BCUT2D eigenvalue weighted by molar-refractivity contribution is 8.01. The summed E-state index contributed by atoms with van der Waals surface area (Å²) in [5.41, 5.74) is 1.24. The Hall–Kier alpha value is -3.19. The van der Waals surface area contributed by atoms with Gasteiger partial charge >= 0.3 is 5.97 Å². The van der Waals surface area contributed by atoms with Gasteiger partial charge in [-0.25, -0.2) is 4.79 Å². The Morgan fingerprint density at radius 1 is 1.32 bits per heavy atom. The Kier molecular flexibility index (Phi) is 6.04. The molecule has 1 saturated heterocycles. The molecule has 2 atom stereocenters. The number of aromatic hydroxyl groups is 1. The first kappa shape index (κ1) is 21.1. The third-order valence-electron chi connectivity index (χ3n) is 4.68. The van der Waals surface area contributed by atoms with E-state index in [-0.39, 0.29) is 23.9 Å². The highest BCUT2D eigenvalue weighted by atomic mass is 32.2. The van der Waals surface area contributed by atoms with Crippen LogP contribution in [0.3, 0.4) is 0 Å². The van der Waals surface area contributed by atoms with Crippen molar-refractivity contribution in [1.29, 1.82) is 0 Å². The van der Waals surface area contributed by atoms with Gasteiger partial charge in [0.1, 0.15) is 27.9 Å². The van der Waals surface area contributed by atoms with E-state index in [1.807, 2.05) is 0 Å². The predicted octanol–water partition coefficient (Wildman–Crippen LogP) is 0.453. The molecule has 1 aromatic carbocycles. The normalized spacial score (nSPS) is 20.1. The molecule has 1 fully saturated rings. The van der Waals surface area contributed by atoms with Gasteiger partial charge in [0.2, 0.25) is 5.91 Å². The van der Waals surface area contributed by atoms with Crippen LogP contribution in [0.2, 0.25) is 0 Å². The quantitative estimate of drug-likeness (QED) is 0.212. The third kappa shape index (κ3) is 4.46. The number of phenols is 1. The first-order valence-corrected chi connectivity index (χ1v) is 11.2. The zero-order valence-corrected chi connectivity index (χ0v) is 17.6. The number of carbonyl (C=O) groups is 3. The minimum absolute atomic E-state index is 0.0264. The molecular formula is C18H18N6O5S2. The Balaban J connectivity index is 1.37. The molecule has 2 aromatic rings. The van der Waals surface area contributed by atoms with Gasteiger partial charge in [0.15, 0.2) is 0 Å². The van der Waals surface area contributed by atoms with E-state index in [9.17, 15) is 24.6 Å². The van der Waals surface area contributed by atoms with E-state index in [0.717, 1.165) is 0 Å². The van der Waals surface area contributed by atoms with Crippen molar-refractivity contribution >= 4 is 47.0 Å². The van der Waals surface area contributed by atoms with Crippen molar-refractivity contribution in [2.45, 2.75) is 16.4 Å². The number of aliphatic carboxylic acids is 1. The number of carbonyl (C=O) groups excluding carboxylic acids is 2. The molecule has 1 unspecified atom stereocenters. The number of thioether (sulfide) groups is 2. The van der Waals surface area contributed by atoms with Crippen molar-refractivity contribution in [2.24, 2.45) is 0 Å². The fraction of sp³-hybridized carbons (Fsp3) is 0.278. The lowest BCUT2D eigenvalue weighted by Crippen LogP contribution is -2.71. The Labute approximate surface area is 184 Å². The number of phenolic OH excluding ortho intramolecular Hbond substituents is 1. The molecule has 2 aliphatic rings. The van der Waals surface area contributed by atoms with Gasteiger partial charge in [-0.3, -0.25) is 19.6 Å². The third-order valence-corrected chi connectivity index (χ3v) is 7.02. The van der Waals surface area contributed by atoms with E-state index in [4.69, 9.17) is 0 Å². The molecular weight excluding hydrogens is 444 g/mol. The summed E-state index contributed by atoms with van der Waals surface area (Å²) in [6.07, 6.45) is 1.54. The highest BCUT2D eigenvalue weighted by Crippen LogP contribution is 2.41. The number of carboxylic acids is 1. The number of fused-ring (bicyclic) bond motifs is 1. The van der Waals surface area contributed by atoms with Gasteiger partial charge in [-0.05, 0) is 29.8 Å². The summed E-state index contributed by atoms with van der Waals surface area (Å²) in [4.78, 5) is 38.0. The van der Waals surface area contributed by atoms with Crippen LogP contribution in [-0.2, 0) is 14.4 Å². The van der Waals surface area contributed by atoms with Crippen molar-refractivity contribution in [3.63, 3.8) is 0 Å². The summed E-state index contributed by atoms with van der Waals surface area (Å²) < 4.78 is 0. The van der Waals surface area contributed by atoms with Crippen molar-refractivity contribution in [2.75, 3.05) is 23.4 Å². The van der Waals surface area contributed by atoms with Crippen molar-refractivity contribution < 1.29 is 24.6 Å². The van der Waals surface area contributed by atoms with Crippen LogP contribution in [0.4, 0.5) is 5.69 Å². The number of nitrogens with zero attached hydrogens (tertiary/aromatic N) is 3. The summed E-state index contributed by atoms with van der Waals surface area (Å²) >= 11 is 2.77. The van der Waals surface area contributed by atoms with Crippen LogP contribution in [0.15, 0.2) is 46.8 Å². The van der Waals surface area contributed by atoms with E-state index >= 15 is 0 Å². The van der Waals surface area contributed by atoms with Gasteiger partial charge in [-0.2, -0.15) is 0 Å². The number of anilines is 1. The van der Waals surface area contributed by atoms with Crippen LogP contribution < -0.4 is 10.6 Å². The molecule has 0 aliphatic carbocycles. The van der Waals surface area contributed by atoms with E-state index in [0.29, 0.717) is 27.8 Å². The van der Waals surface area contributed by atoms with Crippen LogP contribution in [0.25, 0.3) is 0 Å². The summed E-state index contributed by atoms with van der Waals surface area (Å²) in [5, 5.41) is 34.8. The SMILES string of the molecule is O=C(CNc1ccc(O)cc1)NC1C(=O)N2C(C(=O)O)=C(CSc3cnn[nH]3)CS[C@@H]12. The second kappa shape index (κ2) is 8.89. The molecule has 2 aliphatic heterocycles. The fourth-order valence-electron chi connectivity index (χ4n) is 3.20. The average Bonchev–Trinajstić information content (AvgIpc) is 3.28. The standard InChI is InChI=1S/C18H18N6O5S2/c25-11-3-1-10(2-4-11)19-5-12(26)21-14-16(27)24-15(18(28)29)9(8-31-17(14)24)7-30-13-6-20-23-22-13/h1-4,6,14,17,19,25H,5,7-8H2,(H,21,26)(H,28,29)(H,20,22,23)/t14?,17-/m0/s1. The molecule has 11 nitrogen and oxygen atoms in total. The monoisotopic (exact) mass is 462 g/mol. The maximum absolute atomic E-state index is 12.7. The van der Waals surface area contributed by atoms with Crippen LogP contribution in [-0.4, -0.2) is 77.8 Å². The van der Waals surface area contributed by atoms with Crippen LogP contribution >= 0.6 is 23.5 Å². The molecule has 4 rings (SSSR count). The van der Waals surface area contributed by atoms with Gasteiger partial charge in [0.25, 0.3) is 5.91 Å². The number of aromatic amines is 1. The molecule has 0 bridgehead atoms. The summed E-state index contributed by atoms with van der Waals surface area (Å²) in [7, 11) is 0. The number of hydrogen-bond donors (Lipinski definition) is 5. The molecule has 1 aromatic heterocycles. The molecule has 0 radical (unpaired) electrons. The summed E-state index contributed by atoms with van der Waals surface area (Å²) in [6, 6.07) is 5.45. The second-order valence-corrected chi connectivity index (χ2v) is 8.84. The number of amides is 2. The van der Waals surface area contributed by atoms with E-state index < -0.39 is 23.3 Å². The minimum Gasteiger partial charge on any atom is -0.508 e. The van der Waals surface area contributed by atoms with Gasteiger partial charge in [-0.15, -0.1) is 28.6 Å². The van der Waals surface area contributed by atoms with Gasteiger partial charge < -0.3 is 20.8 Å². The lowest BCUT2D eigenvalue weighted by Gasteiger charge is -2.49. The zero-order chi connectivity index (χ0) is 22.0. The van der Waals surface area contributed by atoms with Crippen LogP contribution in [0.1, 0.15) is 0 Å². The van der Waals surface area contributed by atoms with Gasteiger partial charge in [0.05, 0.1) is 12.7 Å². The lowest BCUT2D eigenvalue weighted by atomic mass is 10.0. The van der Waals surface area contributed by atoms with Crippen LogP contribution in [0.5, 0.6) is 5.75 Å². The molecule has 2 amide bonds. The molecule has 0 saturated carbocycles. The van der Waals surface area contributed by atoms with Gasteiger partial charge in [-0.1, -0.05) is 5.21 Å². The first-order valence-electron chi connectivity index (χ1n) is 9.15. The summed E-state index contributed by atoms with van der Waals surface area (Å²) in [6.45, 7) is -0.0618. The number of benzene rings is 1. The number of aromatic nitrogens is 3. The van der Waals surface area contributed by atoms with Gasteiger partial charge in [0, 0.05) is 17.2 Å². The van der Waals surface area contributed by atoms with E-state index in [2.05, 4.69) is 26.0 Å². The highest BCUT2D eigenvalue weighted by Gasteiger charge is 2.54. The first-order chi connectivity index (χ1) is 14.9. The Morgan fingerprint density at radius 2 is 2.10 bits per heavy atom. The number of hydrogen-bond acceptors (Lipinski definition) is 9. The van der Waals surface area contributed by atoms with E-state index in [1.54, 1.807) is 12.1 Å². The molecule has 3 heterocycles. The van der Waals surface area contributed by atoms with Crippen molar-refractivity contribution in [3.05, 3.63) is 41.7 Å². The van der Waals surface area contributed by atoms with E-state index in [1.165, 1.54) is 46.8 Å². The molecule has 5 N–H and O–H groups in total. The molecule has 162 valence electrons. The Bertz CT molecular complexity index is 1030. The van der Waals surface area contributed by atoms with Crippen LogP contribution in [0, 0.1) is 0 Å². The molecule has 0 spiro atoms. The topological polar surface area (TPSA) is 161 Å². The fourth-order valence-corrected chi connectivity index (χ4v) is 5.47. The zero-order valence-electron chi connectivity index (χ0n) is 15.9. The Morgan fingerprint density at radius 3 is 2.77 bits per heavy atom. The van der Waals surface area contributed by atoms with Crippen molar-refractivity contribution in [3.8, 4) is 5.75 Å². The number of H-pyrrole nitrogens is 1. The average molecular weight is 463 g/mol. The molecule has 31 heavy (non-hydrogen) atoms.